The fraction of sp³-hybridized carbons (Fsp3) is 0.615. The fourth-order valence-corrected chi connectivity index (χ4v) is 2.56. The lowest BCUT2D eigenvalue weighted by Crippen LogP contribution is -2.20. The smallest absolute Gasteiger partial charge is 0.139 e. The topological polar surface area (TPSA) is 54.2 Å². The quantitative estimate of drug-likeness (QED) is 0.604. The zero-order valence-electron chi connectivity index (χ0n) is 10.5. The van der Waals surface area contributed by atoms with E-state index in [1.54, 1.807) is 0 Å². The number of nitrogens with two attached hydrogens (primary N) is 1. The van der Waals surface area contributed by atoms with Crippen molar-refractivity contribution in [1.29, 1.82) is 0 Å². The maximum atomic E-state index is 5.29. The molecular weight excluding hydrogens is 212 g/mol. The second-order valence-corrected chi connectivity index (χ2v) is 4.87. The Hall–Kier alpha value is -1.13. The van der Waals surface area contributed by atoms with Crippen molar-refractivity contribution in [3.63, 3.8) is 0 Å². The van der Waals surface area contributed by atoms with Gasteiger partial charge in [0.25, 0.3) is 0 Å². The zero-order valence-corrected chi connectivity index (χ0v) is 10.5. The first-order chi connectivity index (χ1) is 8.31. The van der Waals surface area contributed by atoms with E-state index in [9.17, 15) is 0 Å². The van der Waals surface area contributed by atoms with Crippen LogP contribution in [0, 0.1) is 5.92 Å². The van der Waals surface area contributed by atoms with Gasteiger partial charge in [0.2, 0.25) is 0 Å². The van der Waals surface area contributed by atoms with E-state index in [0.717, 1.165) is 18.3 Å². The third-order valence-electron chi connectivity index (χ3n) is 3.45. The van der Waals surface area contributed by atoms with Crippen LogP contribution >= 0.6 is 0 Å². The van der Waals surface area contributed by atoms with E-state index >= 15 is 0 Å². The molecule has 0 bridgehead atoms. The summed E-state index contributed by atoms with van der Waals surface area (Å²) in [5.74, 6) is 6.91. The number of aromatic nitrogens is 1. The minimum Gasteiger partial charge on any atom is -0.308 e. The van der Waals surface area contributed by atoms with Crippen molar-refractivity contribution in [1.82, 2.24) is 9.88 Å². The first-order valence-electron chi connectivity index (χ1n) is 6.45. The molecule has 1 fully saturated rings. The standard InChI is InChI=1S/C13H22N4/c1-2-3-11-6-7-17(9-11)10-12-4-5-13(16-14)15-8-12/h4-5,8,11H,2-3,6-7,9-10,14H2,1H3,(H,15,16). The molecule has 4 nitrogen and oxygen atoms in total. The number of rotatable bonds is 5. The molecule has 2 rings (SSSR count). The van der Waals surface area contributed by atoms with Crippen LogP contribution in [0.5, 0.6) is 0 Å². The molecule has 1 unspecified atom stereocenters. The van der Waals surface area contributed by atoms with E-state index in [-0.39, 0.29) is 0 Å². The van der Waals surface area contributed by atoms with Crippen molar-refractivity contribution in [3.05, 3.63) is 23.9 Å². The largest absolute Gasteiger partial charge is 0.308 e. The summed E-state index contributed by atoms with van der Waals surface area (Å²) >= 11 is 0. The van der Waals surface area contributed by atoms with Crippen molar-refractivity contribution >= 4 is 5.82 Å². The fourth-order valence-electron chi connectivity index (χ4n) is 2.56. The lowest BCUT2D eigenvalue weighted by Gasteiger charge is -2.15. The van der Waals surface area contributed by atoms with E-state index in [1.807, 2.05) is 12.3 Å². The van der Waals surface area contributed by atoms with Crippen molar-refractivity contribution in [2.45, 2.75) is 32.7 Å². The van der Waals surface area contributed by atoms with Crippen LogP contribution in [-0.4, -0.2) is 23.0 Å². The normalized spacial score (nSPS) is 20.7. The molecule has 0 aromatic carbocycles. The monoisotopic (exact) mass is 234 g/mol. The van der Waals surface area contributed by atoms with Gasteiger partial charge in [-0.15, -0.1) is 0 Å². The number of pyridine rings is 1. The van der Waals surface area contributed by atoms with Crippen LogP contribution in [0.4, 0.5) is 5.82 Å². The van der Waals surface area contributed by atoms with Crippen molar-refractivity contribution in [3.8, 4) is 0 Å². The van der Waals surface area contributed by atoms with E-state index in [0.29, 0.717) is 0 Å². The summed E-state index contributed by atoms with van der Waals surface area (Å²) < 4.78 is 0. The Morgan fingerprint density at radius 3 is 3.06 bits per heavy atom. The van der Waals surface area contributed by atoms with Crippen LogP contribution in [0.1, 0.15) is 31.7 Å². The number of nitrogens with one attached hydrogen (secondary N) is 1. The number of likely N-dealkylation sites (tertiary alicyclic amines) is 1. The molecule has 2 heterocycles. The summed E-state index contributed by atoms with van der Waals surface area (Å²) in [5.41, 5.74) is 3.81. The van der Waals surface area contributed by atoms with Gasteiger partial charge < -0.3 is 5.43 Å². The predicted molar refractivity (Wildman–Crippen MR) is 70.3 cm³/mol. The van der Waals surface area contributed by atoms with Crippen LogP contribution in [0.2, 0.25) is 0 Å². The van der Waals surface area contributed by atoms with Gasteiger partial charge in [-0.1, -0.05) is 19.4 Å². The van der Waals surface area contributed by atoms with E-state index < -0.39 is 0 Å². The average Bonchev–Trinajstić information content (AvgIpc) is 2.78. The second-order valence-electron chi connectivity index (χ2n) is 4.87. The minimum atomic E-state index is 0.721. The molecule has 0 saturated carbocycles. The summed E-state index contributed by atoms with van der Waals surface area (Å²) in [6.07, 6.45) is 5.92. The number of nitrogen functional groups attached to an aromatic ring is 1. The molecule has 1 aromatic heterocycles. The molecule has 1 atom stereocenters. The van der Waals surface area contributed by atoms with Crippen LogP contribution < -0.4 is 11.3 Å². The molecule has 17 heavy (non-hydrogen) atoms. The van der Waals surface area contributed by atoms with Crippen molar-refractivity contribution in [2.75, 3.05) is 18.5 Å². The number of hydrazine groups is 1. The molecule has 0 aliphatic carbocycles. The van der Waals surface area contributed by atoms with Crippen LogP contribution in [0.25, 0.3) is 0 Å². The summed E-state index contributed by atoms with van der Waals surface area (Å²) in [6, 6.07) is 4.02. The molecule has 1 aliphatic rings. The molecule has 0 radical (unpaired) electrons. The maximum Gasteiger partial charge on any atom is 0.139 e. The Balaban J connectivity index is 1.84. The number of nitrogens with zero attached hydrogens (tertiary/aromatic N) is 2. The molecule has 1 saturated heterocycles. The average molecular weight is 234 g/mol. The number of hydrogen-bond donors (Lipinski definition) is 2. The molecule has 4 heteroatoms. The first kappa shape index (κ1) is 12.3. The first-order valence-corrected chi connectivity index (χ1v) is 6.45. The van der Waals surface area contributed by atoms with Gasteiger partial charge in [-0.3, -0.25) is 4.90 Å². The Kier molecular flexibility index (Phi) is 4.34. The highest BCUT2D eigenvalue weighted by Crippen LogP contribution is 2.22. The van der Waals surface area contributed by atoms with Gasteiger partial charge in [-0.05, 0) is 36.9 Å². The summed E-state index contributed by atoms with van der Waals surface area (Å²) in [6.45, 7) is 5.75. The van der Waals surface area contributed by atoms with Crippen molar-refractivity contribution in [2.24, 2.45) is 11.8 Å². The van der Waals surface area contributed by atoms with Gasteiger partial charge in [0.05, 0.1) is 0 Å². The van der Waals surface area contributed by atoms with Crippen LogP contribution in [-0.2, 0) is 6.54 Å². The van der Waals surface area contributed by atoms with Crippen molar-refractivity contribution < 1.29 is 0 Å². The van der Waals surface area contributed by atoms with Gasteiger partial charge in [0, 0.05) is 19.3 Å². The number of anilines is 1. The van der Waals surface area contributed by atoms with E-state index in [1.165, 1.54) is 37.9 Å². The molecule has 3 N–H and O–H groups in total. The lowest BCUT2D eigenvalue weighted by molar-refractivity contribution is 0.312. The molecule has 0 amide bonds. The maximum absolute atomic E-state index is 5.29. The highest BCUT2D eigenvalue weighted by atomic mass is 15.2. The van der Waals surface area contributed by atoms with Gasteiger partial charge >= 0.3 is 0 Å². The third kappa shape index (κ3) is 3.41. The van der Waals surface area contributed by atoms with Gasteiger partial charge in [0.15, 0.2) is 0 Å². The SMILES string of the molecule is CCCC1CCN(Cc2ccc(NN)nc2)C1. The van der Waals surface area contributed by atoms with Gasteiger partial charge in [-0.25, -0.2) is 10.8 Å². The summed E-state index contributed by atoms with van der Waals surface area (Å²) in [4.78, 5) is 6.75. The highest BCUT2D eigenvalue weighted by Gasteiger charge is 2.21. The lowest BCUT2D eigenvalue weighted by atomic mass is 10.0. The Bertz CT molecular complexity index is 336. The molecule has 1 aliphatic heterocycles. The Labute approximate surface area is 103 Å². The minimum absolute atomic E-state index is 0.721. The van der Waals surface area contributed by atoms with Gasteiger partial charge in [-0.2, -0.15) is 0 Å². The van der Waals surface area contributed by atoms with Crippen LogP contribution in [0.15, 0.2) is 18.3 Å². The zero-order chi connectivity index (χ0) is 12.1. The van der Waals surface area contributed by atoms with E-state index in [4.69, 9.17) is 5.84 Å². The molecule has 0 spiro atoms. The van der Waals surface area contributed by atoms with E-state index in [2.05, 4.69) is 28.3 Å². The molecule has 94 valence electrons. The van der Waals surface area contributed by atoms with Gasteiger partial charge in [0.1, 0.15) is 5.82 Å². The highest BCUT2D eigenvalue weighted by molar-refractivity contribution is 5.33. The molecular formula is C13H22N4. The second kappa shape index (κ2) is 5.98. The molecule has 1 aromatic rings. The van der Waals surface area contributed by atoms with Crippen LogP contribution in [0.3, 0.4) is 0 Å². The third-order valence-corrected chi connectivity index (χ3v) is 3.45. The number of hydrogen-bond acceptors (Lipinski definition) is 4. The Morgan fingerprint density at radius 2 is 2.41 bits per heavy atom. The Morgan fingerprint density at radius 1 is 1.53 bits per heavy atom. The predicted octanol–water partition coefficient (Wildman–Crippen LogP) is 1.99. The summed E-state index contributed by atoms with van der Waals surface area (Å²) in [5, 5.41) is 0. The summed E-state index contributed by atoms with van der Waals surface area (Å²) in [7, 11) is 0.